The van der Waals surface area contributed by atoms with E-state index in [4.69, 9.17) is 9.47 Å². The van der Waals surface area contributed by atoms with Crippen molar-refractivity contribution >= 4 is 17.8 Å². The lowest BCUT2D eigenvalue weighted by molar-refractivity contribution is -0.127. The predicted molar refractivity (Wildman–Crippen MR) is 79.9 cm³/mol. The maximum atomic E-state index is 12.1. The summed E-state index contributed by atoms with van der Waals surface area (Å²) in [5.74, 6) is -1.67. The van der Waals surface area contributed by atoms with Crippen LogP contribution >= 0.6 is 0 Å². The third kappa shape index (κ3) is 3.77. The first kappa shape index (κ1) is 16.7. The Morgan fingerprint density at radius 2 is 1.96 bits per heavy atom. The van der Waals surface area contributed by atoms with Crippen LogP contribution in [0.2, 0.25) is 0 Å². The first-order chi connectivity index (χ1) is 10.9. The molecule has 2 atom stereocenters. The number of hydrogen-bond donors (Lipinski definition) is 3. The van der Waals surface area contributed by atoms with E-state index in [9.17, 15) is 24.9 Å². The number of aliphatic hydroxyl groups is 2. The summed E-state index contributed by atoms with van der Waals surface area (Å²) in [5, 5.41) is 29.4. The molecular formula is C16H16O7. The van der Waals surface area contributed by atoms with Crippen LogP contribution in [0.15, 0.2) is 30.5 Å². The highest BCUT2D eigenvalue weighted by Gasteiger charge is 2.23. The van der Waals surface area contributed by atoms with E-state index in [2.05, 4.69) is 0 Å². The molecule has 1 aromatic carbocycles. The second kappa shape index (κ2) is 7.08. The van der Waals surface area contributed by atoms with Gasteiger partial charge in [-0.15, -0.1) is 0 Å². The molecule has 0 unspecified atom stereocenters. The number of aliphatic hydroxyl groups excluding tert-OH is 2. The van der Waals surface area contributed by atoms with Gasteiger partial charge in [-0.3, -0.25) is 4.79 Å². The lowest BCUT2D eigenvalue weighted by atomic mass is 10.0. The molecular weight excluding hydrogens is 304 g/mol. The summed E-state index contributed by atoms with van der Waals surface area (Å²) in [6.45, 7) is 0. The number of ketones is 1. The lowest BCUT2D eigenvalue weighted by Gasteiger charge is -2.14. The van der Waals surface area contributed by atoms with Crippen LogP contribution in [0.4, 0.5) is 0 Å². The number of benzene rings is 1. The first-order valence-corrected chi connectivity index (χ1v) is 6.79. The van der Waals surface area contributed by atoms with Crippen molar-refractivity contribution in [1.29, 1.82) is 0 Å². The Morgan fingerprint density at radius 1 is 1.22 bits per heavy atom. The molecule has 0 radical (unpaired) electrons. The van der Waals surface area contributed by atoms with Gasteiger partial charge in [-0.05, 0) is 18.1 Å². The number of carbonyl (C=O) groups excluding carboxylic acids is 2. The number of rotatable bonds is 1. The van der Waals surface area contributed by atoms with Gasteiger partial charge < -0.3 is 24.8 Å². The van der Waals surface area contributed by atoms with Crippen LogP contribution < -0.4 is 4.74 Å². The van der Waals surface area contributed by atoms with E-state index in [0.717, 1.165) is 12.3 Å². The molecule has 0 aromatic heterocycles. The first-order valence-electron chi connectivity index (χ1n) is 6.79. The number of carbonyl (C=O) groups is 2. The van der Waals surface area contributed by atoms with Gasteiger partial charge in [0.1, 0.15) is 23.2 Å². The minimum absolute atomic E-state index is 0.0206. The largest absolute Gasteiger partial charge is 0.507 e. The van der Waals surface area contributed by atoms with Gasteiger partial charge in [0.2, 0.25) is 0 Å². The van der Waals surface area contributed by atoms with Crippen LogP contribution in [0.3, 0.4) is 0 Å². The molecule has 23 heavy (non-hydrogen) atoms. The molecule has 0 saturated carbocycles. The van der Waals surface area contributed by atoms with Gasteiger partial charge in [-0.2, -0.15) is 0 Å². The SMILES string of the molecule is COc1cc(O)c2c(c1)/C=C/C[C@H](O)[C@H](O)C(=O)/C=C\OC2=O. The third-order valence-corrected chi connectivity index (χ3v) is 3.30. The summed E-state index contributed by atoms with van der Waals surface area (Å²) in [5.41, 5.74) is 0.212. The minimum Gasteiger partial charge on any atom is -0.507 e. The van der Waals surface area contributed by atoms with E-state index in [0.29, 0.717) is 11.3 Å². The van der Waals surface area contributed by atoms with Crippen molar-refractivity contribution in [2.45, 2.75) is 18.6 Å². The van der Waals surface area contributed by atoms with Crippen molar-refractivity contribution in [2.24, 2.45) is 0 Å². The van der Waals surface area contributed by atoms with Gasteiger partial charge >= 0.3 is 5.97 Å². The average molecular weight is 320 g/mol. The molecule has 0 amide bonds. The molecule has 1 heterocycles. The van der Waals surface area contributed by atoms with E-state index in [-0.39, 0.29) is 17.7 Å². The average Bonchev–Trinajstić information content (AvgIpc) is 2.52. The fraction of sp³-hybridized carbons (Fsp3) is 0.250. The number of hydrogen-bond acceptors (Lipinski definition) is 7. The van der Waals surface area contributed by atoms with E-state index >= 15 is 0 Å². The Bertz CT molecular complexity index is 675. The Balaban J connectivity index is 2.49. The van der Waals surface area contributed by atoms with Crippen molar-refractivity contribution in [3.8, 4) is 11.5 Å². The van der Waals surface area contributed by atoms with Crippen LogP contribution in [0.1, 0.15) is 22.3 Å². The van der Waals surface area contributed by atoms with Crippen molar-refractivity contribution < 1.29 is 34.4 Å². The molecule has 1 aliphatic rings. The zero-order valence-corrected chi connectivity index (χ0v) is 12.3. The van der Waals surface area contributed by atoms with E-state index in [1.807, 2.05) is 0 Å². The number of methoxy groups -OCH3 is 1. The van der Waals surface area contributed by atoms with Gasteiger partial charge in [0.25, 0.3) is 0 Å². The molecule has 1 aliphatic heterocycles. The van der Waals surface area contributed by atoms with Crippen LogP contribution in [-0.4, -0.2) is 46.4 Å². The summed E-state index contributed by atoms with van der Waals surface area (Å²) >= 11 is 0. The van der Waals surface area contributed by atoms with Gasteiger partial charge in [-0.25, -0.2) is 4.79 Å². The third-order valence-electron chi connectivity index (χ3n) is 3.30. The summed E-state index contributed by atoms with van der Waals surface area (Å²) < 4.78 is 9.81. The second-order valence-corrected chi connectivity index (χ2v) is 4.87. The number of aromatic hydroxyl groups is 1. The maximum Gasteiger partial charge on any atom is 0.347 e. The molecule has 1 aromatic rings. The number of ether oxygens (including phenoxy) is 2. The molecule has 0 aliphatic carbocycles. The molecule has 0 saturated heterocycles. The van der Waals surface area contributed by atoms with Crippen LogP contribution in [0.5, 0.6) is 11.5 Å². The van der Waals surface area contributed by atoms with Crippen molar-refractivity contribution in [3.05, 3.63) is 41.7 Å². The quantitative estimate of drug-likeness (QED) is 0.655. The standard InChI is InChI=1S/C16H16O7/c1-22-10-7-9-3-2-4-11(17)15(20)12(18)5-6-23-16(21)14(9)13(19)8-10/h2-3,5-8,11,15,17,19-20H,4H2,1H3/b3-2+,6-5-/t11-,15-/m0/s1. The number of phenols is 1. The monoisotopic (exact) mass is 320 g/mol. The van der Waals surface area contributed by atoms with E-state index in [1.54, 1.807) is 0 Å². The molecule has 0 bridgehead atoms. The molecule has 7 nitrogen and oxygen atoms in total. The highest BCUT2D eigenvalue weighted by Crippen LogP contribution is 2.30. The van der Waals surface area contributed by atoms with Crippen LogP contribution in [0.25, 0.3) is 6.08 Å². The smallest absolute Gasteiger partial charge is 0.347 e. The fourth-order valence-electron chi connectivity index (χ4n) is 2.07. The van der Waals surface area contributed by atoms with Crippen molar-refractivity contribution in [2.75, 3.05) is 7.11 Å². The zero-order chi connectivity index (χ0) is 17.0. The number of esters is 1. The van der Waals surface area contributed by atoms with Gasteiger partial charge in [-0.1, -0.05) is 12.2 Å². The molecule has 0 fully saturated rings. The minimum atomic E-state index is -1.62. The number of fused-ring (bicyclic) bond motifs is 1. The topological polar surface area (TPSA) is 113 Å². The predicted octanol–water partition coefficient (Wildman–Crippen LogP) is 0.779. The van der Waals surface area contributed by atoms with E-state index in [1.165, 1.54) is 31.4 Å². The number of phenolic OH excluding ortho intramolecular Hbond substituents is 1. The highest BCUT2D eigenvalue weighted by molar-refractivity contribution is 5.98. The molecule has 122 valence electrons. The van der Waals surface area contributed by atoms with Crippen molar-refractivity contribution in [3.63, 3.8) is 0 Å². The summed E-state index contributed by atoms with van der Waals surface area (Å²) in [4.78, 5) is 23.6. The van der Waals surface area contributed by atoms with Gasteiger partial charge in [0.05, 0.1) is 19.5 Å². The zero-order valence-electron chi connectivity index (χ0n) is 12.3. The molecule has 3 N–H and O–H groups in total. The van der Waals surface area contributed by atoms with Crippen LogP contribution in [0, 0.1) is 0 Å². The summed E-state index contributed by atoms with van der Waals surface area (Å²) in [7, 11) is 1.41. The molecule has 0 spiro atoms. The molecule has 2 rings (SSSR count). The number of cyclic esters (lactones) is 1. The maximum absolute atomic E-state index is 12.1. The Kier molecular flexibility index (Phi) is 5.15. The van der Waals surface area contributed by atoms with Gasteiger partial charge in [0, 0.05) is 12.1 Å². The van der Waals surface area contributed by atoms with Crippen molar-refractivity contribution in [1.82, 2.24) is 0 Å². The fourth-order valence-corrected chi connectivity index (χ4v) is 2.07. The summed E-state index contributed by atoms with van der Waals surface area (Å²) in [6, 6.07) is 2.77. The normalized spacial score (nSPS) is 24.7. The molecule has 7 heteroatoms. The Morgan fingerprint density at radius 3 is 2.65 bits per heavy atom. The van der Waals surface area contributed by atoms with Gasteiger partial charge in [0.15, 0.2) is 5.78 Å². The summed E-state index contributed by atoms with van der Waals surface area (Å²) in [6.07, 6.45) is 1.64. The Hall–Kier alpha value is -2.64. The van der Waals surface area contributed by atoms with Crippen LogP contribution in [-0.2, 0) is 9.53 Å². The lowest BCUT2D eigenvalue weighted by Crippen LogP contribution is -2.32. The Labute approximate surface area is 132 Å². The second-order valence-electron chi connectivity index (χ2n) is 4.87. The highest BCUT2D eigenvalue weighted by atomic mass is 16.5. The van der Waals surface area contributed by atoms with E-state index < -0.39 is 24.0 Å².